The third-order valence-electron chi connectivity index (χ3n) is 8.71. The van der Waals surface area contributed by atoms with Gasteiger partial charge < -0.3 is 5.11 Å². The van der Waals surface area contributed by atoms with Crippen LogP contribution in [0.4, 0.5) is 4.39 Å². The maximum absolute atomic E-state index is 14.4. The van der Waals surface area contributed by atoms with Crippen LogP contribution in [0.1, 0.15) is 64.4 Å². The highest BCUT2D eigenvalue weighted by molar-refractivity contribution is 5.72. The highest BCUT2D eigenvalue weighted by atomic mass is 19.1. The predicted molar refractivity (Wildman–Crippen MR) is 105 cm³/mol. The van der Waals surface area contributed by atoms with Gasteiger partial charge in [-0.3, -0.25) is 0 Å². The molecule has 5 unspecified atom stereocenters. The lowest BCUT2D eigenvalue weighted by Gasteiger charge is -2.57. The van der Waals surface area contributed by atoms with Crippen LogP contribution in [0.2, 0.25) is 0 Å². The van der Waals surface area contributed by atoms with Crippen LogP contribution < -0.4 is 0 Å². The first-order chi connectivity index (χ1) is 12.9. The number of nitrogens with zero attached hydrogens (tertiary/aromatic N) is 1. The quantitative estimate of drug-likeness (QED) is 0.522. The summed E-state index contributed by atoms with van der Waals surface area (Å²) in [5.74, 6) is 1.63. The molecule has 5 rings (SSSR count). The van der Waals surface area contributed by atoms with Gasteiger partial charge in [-0.1, -0.05) is 31.6 Å². The van der Waals surface area contributed by atoms with E-state index in [9.17, 15) is 9.50 Å². The van der Waals surface area contributed by atoms with Crippen molar-refractivity contribution in [3.8, 4) is 0 Å². The maximum atomic E-state index is 14.4. The number of hydrogen-bond donors (Lipinski definition) is 1. The molecule has 2 nitrogen and oxygen atoms in total. The first-order valence-corrected chi connectivity index (χ1v) is 10.6. The summed E-state index contributed by atoms with van der Waals surface area (Å²) in [5, 5.41) is 10.1. The third-order valence-corrected chi connectivity index (χ3v) is 8.71. The second-order valence-corrected chi connectivity index (χ2v) is 9.81. The van der Waals surface area contributed by atoms with Crippen molar-refractivity contribution in [1.29, 1.82) is 0 Å². The minimum atomic E-state index is -0.327. The van der Waals surface area contributed by atoms with Crippen molar-refractivity contribution in [2.24, 2.45) is 28.6 Å². The molecule has 0 spiro atoms. The average molecular weight is 368 g/mol. The molecule has 1 heterocycles. The zero-order valence-corrected chi connectivity index (χ0v) is 16.4. The number of pyridine rings is 1. The number of aliphatic hydroxyl groups excluding tert-OH is 1. The highest BCUT2D eigenvalue weighted by Crippen LogP contribution is 2.66. The van der Waals surface area contributed by atoms with Crippen LogP contribution in [0.15, 0.2) is 36.1 Å². The summed E-state index contributed by atoms with van der Waals surface area (Å²) in [6, 6.07) is 3.75. The molecule has 1 aromatic rings. The average Bonchev–Trinajstić information content (AvgIpc) is 3.00. The highest BCUT2D eigenvalue weighted by Gasteiger charge is 2.56. The Labute approximate surface area is 161 Å². The van der Waals surface area contributed by atoms with Crippen molar-refractivity contribution < 1.29 is 9.50 Å². The molecular formula is C24H30FNO. The topological polar surface area (TPSA) is 33.1 Å². The number of allylic oxidation sites excluding steroid dienone is 3. The van der Waals surface area contributed by atoms with E-state index in [1.165, 1.54) is 23.8 Å². The number of aliphatic hydroxyl groups is 1. The summed E-state index contributed by atoms with van der Waals surface area (Å²) >= 11 is 0. The van der Waals surface area contributed by atoms with E-state index in [1.54, 1.807) is 0 Å². The zero-order valence-electron chi connectivity index (χ0n) is 16.4. The second kappa shape index (κ2) is 6.01. The summed E-state index contributed by atoms with van der Waals surface area (Å²) in [6.07, 6.45) is 13.6. The van der Waals surface area contributed by atoms with E-state index in [4.69, 9.17) is 0 Å². The summed E-state index contributed by atoms with van der Waals surface area (Å²) in [5.41, 5.74) is 3.72. The van der Waals surface area contributed by atoms with Gasteiger partial charge in [-0.15, -0.1) is 0 Å². The Morgan fingerprint density at radius 1 is 1.07 bits per heavy atom. The molecule has 144 valence electrons. The number of aromatic nitrogens is 1. The largest absolute Gasteiger partial charge is 0.393 e. The van der Waals surface area contributed by atoms with Crippen molar-refractivity contribution in [1.82, 2.24) is 4.98 Å². The van der Waals surface area contributed by atoms with E-state index in [2.05, 4.69) is 31.0 Å². The van der Waals surface area contributed by atoms with Gasteiger partial charge in [-0.2, -0.15) is 4.39 Å². The molecule has 4 aliphatic carbocycles. The minimum absolute atomic E-state index is 0.0565. The Morgan fingerprint density at radius 3 is 2.70 bits per heavy atom. The molecule has 0 saturated heterocycles. The van der Waals surface area contributed by atoms with Gasteiger partial charge in [-0.25, -0.2) is 4.98 Å². The molecule has 2 saturated carbocycles. The fourth-order valence-electron chi connectivity index (χ4n) is 7.21. The van der Waals surface area contributed by atoms with Crippen LogP contribution in [-0.4, -0.2) is 16.2 Å². The van der Waals surface area contributed by atoms with Crippen LogP contribution in [0.3, 0.4) is 0 Å². The van der Waals surface area contributed by atoms with E-state index in [-0.39, 0.29) is 22.9 Å². The molecule has 0 aromatic carbocycles. The monoisotopic (exact) mass is 367 g/mol. The normalized spacial score (nSPS) is 43.3. The molecule has 1 aromatic heterocycles. The van der Waals surface area contributed by atoms with Gasteiger partial charge in [0, 0.05) is 11.8 Å². The van der Waals surface area contributed by atoms with Crippen LogP contribution in [0.25, 0.3) is 5.57 Å². The standard InChI is InChI=1S/C24H30FNO/c1-23-11-9-16(27)14-15(23)5-6-17-19-7-8-20(18-4-3-13-26-22(18)25)24(19,2)12-10-21(17)23/h3-5,8,13,16-17,19,21,27H,6-7,9-12,14H2,1-2H3/t16?,17?,19?,21-,23?,24?/m0/s1. The van der Waals surface area contributed by atoms with Crippen molar-refractivity contribution >= 4 is 5.57 Å². The van der Waals surface area contributed by atoms with Gasteiger partial charge in [0.15, 0.2) is 0 Å². The van der Waals surface area contributed by atoms with Gasteiger partial charge >= 0.3 is 0 Å². The van der Waals surface area contributed by atoms with Crippen LogP contribution in [0.5, 0.6) is 0 Å². The fraction of sp³-hybridized carbons (Fsp3) is 0.625. The Bertz CT molecular complexity index is 829. The Kier molecular flexibility index (Phi) is 3.92. The van der Waals surface area contributed by atoms with Crippen molar-refractivity contribution in [3.63, 3.8) is 0 Å². The fourth-order valence-corrected chi connectivity index (χ4v) is 7.21. The van der Waals surface area contributed by atoms with E-state index in [1.807, 2.05) is 12.1 Å². The molecule has 0 bridgehead atoms. The van der Waals surface area contributed by atoms with Gasteiger partial charge in [0.1, 0.15) is 0 Å². The summed E-state index contributed by atoms with van der Waals surface area (Å²) in [4.78, 5) is 3.91. The molecule has 0 aliphatic heterocycles. The Balaban J connectivity index is 1.49. The maximum Gasteiger partial charge on any atom is 0.220 e. The Hall–Kier alpha value is -1.48. The minimum Gasteiger partial charge on any atom is -0.393 e. The van der Waals surface area contributed by atoms with Crippen LogP contribution >= 0.6 is 0 Å². The molecule has 3 heteroatoms. The van der Waals surface area contributed by atoms with Crippen LogP contribution in [0, 0.1) is 34.5 Å². The molecule has 1 N–H and O–H groups in total. The third kappa shape index (κ3) is 2.43. The van der Waals surface area contributed by atoms with Crippen LogP contribution in [-0.2, 0) is 0 Å². The number of rotatable bonds is 1. The van der Waals surface area contributed by atoms with Crippen molar-refractivity contribution in [3.05, 3.63) is 47.6 Å². The lowest BCUT2D eigenvalue weighted by molar-refractivity contribution is -0.0238. The van der Waals surface area contributed by atoms with Crippen molar-refractivity contribution in [2.75, 3.05) is 0 Å². The molecule has 27 heavy (non-hydrogen) atoms. The zero-order chi connectivity index (χ0) is 18.8. The van der Waals surface area contributed by atoms with Gasteiger partial charge in [0.2, 0.25) is 5.95 Å². The van der Waals surface area contributed by atoms with Gasteiger partial charge in [-0.05, 0) is 91.2 Å². The molecular weight excluding hydrogens is 337 g/mol. The second-order valence-electron chi connectivity index (χ2n) is 9.81. The lowest BCUT2D eigenvalue weighted by Crippen LogP contribution is -2.49. The SMILES string of the molecule is CC12CC[C@H]3C(CC=C4CC(O)CCC43C)C1CC=C2c1cccnc1F. The van der Waals surface area contributed by atoms with E-state index in [0.717, 1.165) is 38.5 Å². The van der Waals surface area contributed by atoms with E-state index in [0.29, 0.717) is 23.3 Å². The molecule has 0 amide bonds. The lowest BCUT2D eigenvalue weighted by atomic mass is 9.47. The summed E-state index contributed by atoms with van der Waals surface area (Å²) in [6.45, 7) is 4.82. The first kappa shape index (κ1) is 17.6. The molecule has 0 radical (unpaired) electrons. The first-order valence-electron chi connectivity index (χ1n) is 10.6. The molecule has 4 aliphatic rings. The van der Waals surface area contributed by atoms with Crippen molar-refractivity contribution in [2.45, 2.75) is 64.9 Å². The smallest absolute Gasteiger partial charge is 0.220 e. The molecule has 6 atom stereocenters. The summed E-state index contributed by atoms with van der Waals surface area (Å²) in [7, 11) is 0. The van der Waals surface area contributed by atoms with Gasteiger partial charge in [0.05, 0.1) is 6.10 Å². The number of hydrogen-bond acceptors (Lipinski definition) is 2. The van der Waals surface area contributed by atoms with Gasteiger partial charge in [0.25, 0.3) is 0 Å². The number of halogens is 1. The molecule has 2 fully saturated rings. The Morgan fingerprint density at radius 2 is 1.89 bits per heavy atom. The summed E-state index contributed by atoms with van der Waals surface area (Å²) < 4.78 is 14.4. The number of fused-ring (bicyclic) bond motifs is 5. The van der Waals surface area contributed by atoms with E-state index >= 15 is 0 Å². The van der Waals surface area contributed by atoms with E-state index < -0.39 is 0 Å². The predicted octanol–water partition coefficient (Wildman–Crippen LogP) is 5.54.